The minimum absolute atomic E-state index is 0.106. The van der Waals surface area contributed by atoms with Gasteiger partial charge in [0.25, 0.3) is 0 Å². The van der Waals surface area contributed by atoms with E-state index in [2.05, 4.69) is 72.8 Å². The number of allylic oxidation sites excluding steroid dienone is 1. The van der Waals surface area contributed by atoms with Crippen LogP contribution >= 0.6 is 15.9 Å². The molecule has 0 radical (unpaired) electrons. The van der Waals surface area contributed by atoms with Gasteiger partial charge in [-0.25, -0.2) is 15.2 Å². The maximum absolute atomic E-state index is 4.53. The van der Waals surface area contributed by atoms with Crippen molar-refractivity contribution in [2.24, 2.45) is 0 Å². The van der Waals surface area contributed by atoms with E-state index < -0.39 is 0 Å². The van der Waals surface area contributed by atoms with Gasteiger partial charge in [-0.05, 0) is 39.8 Å². The quantitative estimate of drug-likeness (QED) is 0.629. The molecule has 4 heterocycles. The lowest BCUT2D eigenvalue weighted by Crippen LogP contribution is -2.28. The Morgan fingerprint density at radius 1 is 1.22 bits per heavy atom. The van der Waals surface area contributed by atoms with E-state index in [1.165, 1.54) is 0 Å². The number of aryl methyl sites for hydroxylation is 1. The molecule has 1 unspecified atom stereocenters. The van der Waals surface area contributed by atoms with Crippen molar-refractivity contribution >= 4 is 22.0 Å². The molecule has 0 fully saturated rings. The number of H-pyrrole nitrogens is 2. The third-order valence-electron chi connectivity index (χ3n) is 3.75. The molecule has 3 aromatic heterocycles. The van der Waals surface area contributed by atoms with Crippen LogP contribution in [0.3, 0.4) is 0 Å². The van der Waals surface area contributed by atoms with Crippen molar-refractivity contribution in [3.05, 3.63) is 23.9 Å². The van der Waals surface area contributed by atoms with Crippen LogP contribution in [0.1, 0.15) is 24.5 Å². The first kappa shape index (κ1) is 14.2. The highest BCUT2D eigenvalue weighted by molar-refractivity contribution is 9.10. The van der Waals surface area contributed by atoms with E-state index in [0.717, 1.165) is 43.1 Å². The molecule has 1 aliphatic rings. The van der Waals surface area contributed by atoms with Crippen LogP contribution in [0.15, 0.2) is 12.3 Å². The third-order valence-corrected chi connectivity index (χ3v) is 4.67. The molecule has 0 amide bonds. The first-order chi connectivity index (χ1) is 11.2. The summed E-state index contributed by atoms with van der Waals surface area (Å²) in [4.78, 5) is 4.53. The van der Waals surface area contributed by atoms with E-state index in [9.17, 15) is 0 Å². The number of nitrogens with zero attached hydrogens (tertiary/aromatic N) is 8. The van der Waals surface area contributed by atoms with Gasteiger partial charge in [-0.3, -0.25) is 0 Å². The number of alkyl halides is 1. The monoisotopic (exact) mass is 376 g/mol. The molecule has 0 spiro atoms. The van der Waals surface area contributed by atoms with Gasteiger partial charge < -0.3 is 4.57 Å². The van der Waals surface area contributed by atoms with Gasteiger partial charge in [0.1, 0.15) is 17.3 Å². The minimum atomic E-state index is -0.106. The summed E-state index contributed by atoms with van der Waals surface area (Å²) in [5.74, 6) is 2.27. The molecule has 0 aromatic carbocycles. The van der Waals surface area contributed by atoms with Crippen molar-refractivity contribution in [3.63, 3.8) is 0 Å². The Labute approximate surface area is 138 Å². The largest absolute Gasteiger partial charge is 0.329 e. The molecule has 4 rings (SSSR count). The summed E-state index contributed by atoms with van der Waals surface area (Å²) < 4.78 is 1.99. The van der Waals surface area contributed by atoms with Gasteiger partial charge in [-0.2, -0.15) is 0 Å². The molecule has 0 bridgehead atoms. The molecule has 23 heavy (non-hydrogen) atoms. The summed E-state index contributed by atoms with van der Waals surface area (Å²) in [5, 5.41) is 27.6. The van der Waals surface area contributed by atoms with Crippen LogP contribution in [0, 0.1) is 0 Å². The van der Waals surface area contributed by atoms with Crippen LogP contribution in [0.4, 0.5) is 0 Å². The highest BCUT2D eigenvalue weighted by atomic mass is 79.9. The number of rotatable bonds is 5. The van der Waals surface area contributed by atoms with Crippen LogP contribution in [0.25, 0.3) is 17.6 Å². The maximum atomic E-state index is 4.53. The Balaban J connectivity index is 1.45. The maximum Gasteiger partial charge on any atom is 0.199 e. The number of fused-ring (bicyclic) bond motifs is 1. The topological polar surface area (TPSA) is 127 Å². The molecule has 11 heteroatoms. The lowest BCUT2D eigenvalue weighted by Gasteiger charge is -2.28. The summed E-state index contributed by atoms with van der Waals surface area (Å²) in [6.07, 6.45) is 8.87. The van der Waals surface area contributed by atoms with E-state index in [4.69, 9.17) is 0 Å². The summed E-state index contributed by atoms with van der Waals surface area (Å²) in [5.41, 5.74) is 0.735. The normalized spacial score (nSPS) is 19.9. The van der Waals surface area contributed by atoms with Crippen molar-refractivity contribution < 1.29 is 0 Å². The Bertz CT molecular complexity index is 805. The van der Waals surface area contributed by atoms with Crippen LogP contribution in [0.5, 0.6) is 0 Å². The number of halogens is 1. The Kier molecular flexibility index (Phi) is 3.48. The first-order valence-electron chi connectivity index (χ1n) is 7.14. The zero-order chi connectivity index (χ0) is 15.7. The SMILES string of the molecule is BrC1(CCCc2nnn[nH]2)C=Cc2nc(-c3nnn[nH]3)cn2C1. The molecule has 3 aromatic rings. The fraction of sp³-hybridized carbons (Fsp3) is 0.417. The zero-order valence-electron chi connectivity index (χ0n) is 12.0. The molecule has 118 valence electrons. The van der Waals surface area contributed by atoms with E-state index in [0.29, 0.717) is 5.82 Å². The van der Waals surface area contributed by atoms with E-state index >= 15 is 0 Å². The van der Waals surface area contributed by atoms with E-state index in [1.54, 1.807) is 0 Å². The van der Waals surface area contributed by atoms with Gasteiger partial charge in [-0.15, -0.1) is 10.2 Å². The van der Waals surface area contributed by atoms with Gasteiger partial charge in [0.15, 0.2) is 5.82 Å². The van der Waals surface area contributed by atoms with Crippen LogP contribution < -0.4 is 0 Å². The molecule has 0 saturated heterocycles. The number of aromatic amines is 2. The van der Waals surface area contributed by atoms with Gasteiger partial charge >= 0.3 is 0 Å². The van der Waals surface area contributed by atoms with Gasteiger partial charge in [0.2, 0.25) is 0 Å². The third kappa shape index (κ3) is 2.91. The highest BCUT2D eigenvalue weighted by Gasteiger charge is 2.28. The average molecular weight is 377 g/mol. The summed E-state index contributed by atoms with van der Waals surface area (Å²) in [7, 11) is 0. The first-order valence-corrected chi connectivity index (χ1v) is 7.93. The van der Waals surface area contributed by atoms with Crippen molar-refractivity contribution in [1.82, 2.24) is 50.8 Å². The molecular formula is C12H13BrN10. The molecule has 0 aliphatic carbocycles. The summed E-state index contributed by atoms with van der Waals surface area (Å²) in [6, 6.07) is 0. The number of hydrogen-bond donors (Lipinski definition) is 2. The number of nitrogens with one attached hydrogen (secondary N) is 2. The lowest BCUT2D eigenvalue weighted by molar-refractivity contribution is 0.515. The molecule has 1 aliphatic heterocycles. The Hall–Kier alpha value is -2.43. The molecule has 10 nitrogen and oxygen atoms in total. The van der Waals surface area contributed by atoms with Crippen molar-refractivity contribution in [2.45, 2.75) is 30.1 Å². The number of tetrazole rings is 2. The Morgan fingerprint density at radius 2 is 2.09 bits per heavy atom. The van der Waals surface area contributed by atoms with Crippen LogP contribution in [-0.2, 0) is 13.0 Å². The predicted octanol–water partition coefficient (Wildman–Crippen LogP) is 0.760. The second-order valence-corrected chi connectivity index (χ2v) is 7.01. The second-order valence-electron chi connectivity index (χ2n) is 5.43. The van der Waals surface area contributed by atoms with Gasteiger partial charge in [0, 0.05) is 19.2 Å². The van der Waals surface area contributed by atoms with Gasteiger partial charge in [0.05, 0.1) is 4.32 Å². The van der Waals surface area contributed by atoms with Crippen LogP contribution in [0.2, 0.25) is 0 Å². The lowest BCUT2D eigenvalue weighted by atomic mass is 9.99. The van der Waals surface area contributed by atoms with E-state index in [1.807, 2.05) is 12.3 Å². The van der Waals surface area contributed by atoms with Crippen molar-refractivity contribution in [2.75, 3.05) is 0 Å². The van der Waals surface area contributed by atoms with Gasteiger partial charge in [-0.1, -0.05) is 22.0 Å². The van der Waals surface area contributed by atoms with E-state index in [-0.39, 0.29) is 4.32 Å². The molecular weight excluding hydrogens is 364 g/mol. The van der Waals surface area contributed by atoms with Crippen molar-refractivity contribution in [3.8, 4) is 11.5 Å². The smallest absolute Gasteiger partial charge is 0.199 e. The molecule has 1 atom stereocenters. The Morgan fingerprint density at radius 3 is 2.87 bits per heavy atom. The average Bonchev–Trinajstić information content (AvgIpc) is 3.28. The predicted molar refractivity (Wildman–Crippen MR) is 83.2 cm³/mol. The molecule has 2 N–H and O–H groups in total. The summed E-state index contributed by atoms with van der Waals surface area (Å²) >= 11 is 3.84. The fourth-order valence-electron chi connectivity index (χ4n) is 2.63. The summed E-state index contributed by atoms with van der Waals surface area (Å²) in [6.45, 7) is 0.794. The zero-order valence-corrected chi connectivity index (χ0v) is 13.6. The fourth-order valence-corrected chi connectivity index (χ4v) is 3.31. The number of imidazole rings is 1. The standard InChI is InChI=1S/C12H13BrN10/c13-12(4-1-2-9-15-19-20-16-9)5-3-10-14-8(6-23(10)7-12)11-17-21-22-18-11/h3,5-6H,1-2,4,7H2,(H,15,16,19,20)(H,17,18,21,22). The minimum Gasteiger partial charge on any atom is -0.329 e. The number of aromatic nitrogens is 10. The highest BCUT2D eigenvalue weighted by Crippen LogP contribution is 2.34. The second kappa shape index (κ2) is 5.65. The molecule has 0 saturated carbocycles. The van der Waals surface area contributed by atoms with Crippen LogP contribution in [-0.4, -0.2) is 55.1 Å². The number of hydrogen-bond acceptors (Lipinski definition) is 7. The van der Waals surface area contributed by atoms with Crippen molar-refractivity contribution in [1.29, 1.82) is 0 Å².